The van der Waals surface area contributed by atoms with Crippen molar-refractivity contribution in [3.05, 3.63) is 34.7 Å². The van der Waals surface area contributed by atoms with Gasteiger partial charge in [0.15, 0.2) is 0 Å². The van der Waals surface area contributed by atoms with Gasteiger partial charge in [0, 0.05) is 19.4 Å². The second-order valence-electron chi connectivity index (χ2n) is 6.17. The van der Waals surface area contributed by atoms with Crippen LogP contribution in [0, 0.1) is 12.3 Å². The molecule has 1 heterocycles. The number of nitrogens with zero attached hydrogens (tertiary/aromatic N) is 2. The molecule has 0 saturated heterocycles. The highest BCUT2D eigenvalue weighted by Crippen LogP contribution is 2.21. The van der Waals surface area contributed by atoms with E-state index in [0.29, 0.717) is 24.0 Å². The fourth-order valence-corrected chi connectivity index (χ4v) is 3.07. The number of aliphatic carboxylic acids is 1. The quantitative estimate of drug-likeness (QED) is 0.500. The standard InChI is InChI=1S/C19H23N3O4/c1-2-3-4-5-8-13-21-14-9-6-7-10-15(14)22(19(21)26)16(18(24)25)11-12-17(20)23/h1,6-7,9-10,16H,3-5,8,11-13H2,(H2,20,23)(H,24,25). The monoisotopic (exact) mass is 357 g/mol. The van der Waals surface area contributed by atoms with Crippen molar-refractivity contribution < 1.29 is 14.7 Å². The second-order valence-corrected chi connectivity index (χ2v) is 6.17. The van der Waals surface area contributed by atoms with Crippen LogP contribution in [0.4, 0.5) is 0 Å². The van der Waals surface area contributed by atoms with Crippen molar-refractivity contribution in [2.24, 2.45) is 5.73 Å². The van der Waals surface area contributed by atoms with Crippen LogP contribution in [0.3, 0.4) is 0 Å². The number of amides is 1. The third kappa shape index (κ3) is 4.33. The van der Waals surface area contributed by atoms with Crippen LogP contribution in [0.5, 0.6) is 0 Å². The predicted octanol–water partition coefficient (Wildman–Crippen LogP) is 1.89. The number of aromatic nitrogens is 2. The molecule has 1 unspecified atom stereocenters. The number of para-hydroxylation sites is 2. The van der Waals surface area contributed by atoms with Crippen molar-refractivity contribution in [1.82, 2.24) is 9.13 Å². The zero-order valence-electron chi connectivity index (χ0n) is 14.6. The fraction of sp³-hybridized carbons (Fsp3) is 0.421. The summed E-state index contributed by atoms with van der Waals surface area (Å²) in [6.45, 7) is 0.485. The number of imidazole rings is 1. The maximum Gasteiger partial charge on any atom is 0.329 e. The summed E-state index contributed by atoms with van der Waals surface area (Å²) in [4.78, 5) is 35.7. The predicted molar refractivity (Wildman–Crippen MR) is 98.6 cm³/mol. The molecule has 3 N–H and O–H groups in total. The van der Waals surface area contributed by atoms with Crippen molar-refractivity contribution in [2.45, 2.75) is 51.1 Å². The lowest BCUT2D eigenvalue weighted by atomic mass is 10.1. The number of carboxylic acids is 1. The zero-order valence-corrected chi connectivity index (χ0v) is 14.6. The van der Waals surface area contributed by atoms with Crippen LogP contribution in [0.25, 0.3) is 11.0 Å². The number of carbonyl (C=O) groups excluding carboxylic acids is 1. The maximum absolute atomic E-state index is 12.9. The van der Waals surface area contributed by atoms with E-state index in [9.17, 15) is 19.5 Å². The van der Waals surface area contributed by atoms with Crippen LogP contribution in [0.2, 0.25) is 0 Å². The van der Waals surface area contributed by atoms with Crippen molar-refractivity contribution in [2.75, 3.05) is 0 Å². The first-order valence-electron chi connectivity index (χ1n) is 8.61. The molecule has 2 rings (SSSR count). The van der Waals surface area contributed by atoms with Crippen LogP contribution in [0.15, 0.2) is 29.1 Å². The average molecular weight is 357 g/mol. The van der Waals surface area contributed by atoms with Crippen LogP contribution < -0.4 is 11.4 Å². The number of carboxylic acid groups (broad SMARTS) is 1. The third-order valence-corrected chi connectivity index (χ3v) is 4.33. The second kappa shape index (κ2) is 8.90. The van der Waals surface area contributed by atoms with Gasteiger partial charge >= 0.3 is 11.7 Å². The van der Waals surface area contributed by atoms with Gasteiger partial charge in [0.1, 0.15) is 6.04 Å². The van der Waals surface area contributed by atoms with E-state index in [0.717, 1.165) is 19.3 Å². The number of benzene rings is 1. The highest BCUT2D eigenvalue weighted by atomic mass is 16.4. The van der Waals surface area contributed by atoms with E-state index in [1.807, 2.05) is 0 Å². The molecule has 0 fully saturated rings. The third-order valence-electron chi connectivity index (χ3n) is 4.33. The van der Waals surface area contributed by atoms with Gasteiger partial charge in [-0.1, -0.05) is 18.6 Å². The number of unbranched alkanes of at least 4 members (excludes halogenated alkanes) is 3. The Kier molecular flexibility index (Phi) is 6.61. The molecule has 0 radical (unpaired) electrons. The van der Waals surface area contributed by atoms with Crippen molar-refractivity contribution in [3.8, 4) is 12.3 Å². The number of aryl methyl sites for hydroxylation is 1. The van der Waals surface area contributed by atoms with Gasteiger partial charge in [-0.15, -0.1) is 12.3 Å². The molecule has 1 amide bonds. The van der Waals surface area contributed by atoms with Crippen LogP contribution in [0.1, 0.15) is 44.6 Å². The maximum atomic E-state index is 12.9. The Morgan fingerprint density at radius 2 is 1.88 bits per heavy atom. The molecule has 2 aromatic rings. The van der Waals surface area contributed by atoms with Gasteiger partial charge in [0.25, 0.3) is 0 Å². The molecule has 1 aromatic carbocycles. The summed E-state index contributed by atoms with van der Waals surface area (Å²) < 4.78 is 2.84. The van der Waals surface area contributed by atoms with Crippen molar-refractivity contribution >= 4 is 22.9 Å². The minimum Gasteiger partial charge on any atom is -0.480 e. The van der Waals surface area contributed by atoms with E-state index in [2.05, 4.69) is 5.92 Å². The van der Waals surface area contributed by atoms with Crippen LogP contribution >= 0.6 is 0 Å². The number of terminal acetylenes is 1. The van der Waals surface area contributed by atoms with Gasteiger partial charge in [-0.25, -0.2) is 9.59 Å². The summed E-state index contributed by atoms with van der Waals surface area (Å²) >= 11 is 0. The molecule has 138 valence electrons. The Labute approximate surface area is 151 Å². The first-order valence-corrected chi connectivity index (χ1v) is 8.61. The number of rotatable bonds is 10. The molecule has 1 atom stereocenters. The minimum atomic E-state index is -1.16. The topological polar surface area (TPSA) is 107 Å². The SMILES string of the molecule is C#CCCCCCn1c(=O)n(C(CCC(N)=O)C(=O)O)c2ccccc21. The molecular formula is C19H23N3O4. The molecule has 0 saturated carbocycles. The molecule has 0 spiro atoms. The summed E-state index contributed by atoms with van der Waals surface area (Å²) in [5.41, 5.74) is 5.97. The number of nitrogens with two attached hydrogens (primary N) is 1. The number of fused-ring (bicyclic) bond motifs is 1. The van der Waals surface area contributed by atoms with Crippen molar-refractivity contribution in [3.63, 3.8) is 0 Å². The number of hydrogen-bond acceptors (Lipinski definition) is 3. The number of carbonyl (C=O) groups is 2. The first kappa shape index (κ1) is 19.3. The van der Waals surface area contributed by atoms with Crippen molar-refractivity contribution in [1.29, 1.82) is 0 Å². The highest BCUT2D eigenvalue weighted by Gasteiger charge is 2.26. The molecule has 26 heavy (non-hydrogen) atoms. The largest absolute Gasteiger partial charge is 0.480 e. The zero-order chi connectivity index (χ0) is 19.1. The Bertz CT molecular complexity index is 888. The van der Waals surface area contributed by atoms with E-state index >= 15 is 0 Å². The minimum absolute atomic E-state index is 0.0270. The van der Waals surface area contributed by atoms with Crippen LogP contribution in [-0.4, -0.2) is 26.1 Å². The Morgan fingerprint density at radius 1 is 1.19 bits per heavy atom. The summed E-state index contributed by atoms with van der Waals surface area (Å²) in [5.74, 6) is 0.829. The fourth-order valence-electron chi connectivity index (χ4n) is 3.07. The van der Waals surface area contributed by atoms with Gasteiger partial charge in [0.2, 0.25) is 5.91 Å². The average Bonchev–Trinajstić information content (AvgIpc) is 2.87. The summed E-state index contributed by atoms with van der Waals surface area (Å²) in [7, 11) is 0. The van der Waals surface area contributed by atoms with Gasteiger partial charge in [0.05, 0.1) is 11.0 Å². The van der Waals surface area contributed by atoms with Gasteiger partial charge in [-0.3, -0.25) is 13.9 Å². The van der Waals surface area contributed by atoms with E-state index in [1.54, 1.807) is 28.8 Å². The van der Waals surface area contributed by atoms with E-state index in [1.165, 1.54) is 4.57 Å². The summed E-state index contributed by atoms with van der Waals surface area (Å²) in [6, 6.07) is 5.93. The van der Waals surface area contributed by atoms with Gasteiger partial charge in [-0.05, 0) is 31.4 Å². The van der Waals surface area contributed by atoms with E-state index in [4.69, 9.17) is 12.2 Å². The Hall–Kier alpha value is -3.01. The Balaban J connectivity index is 2.38. The lowest BCUT2D eigenvalue weighted by Crippen LogP contribution is -2.32. The normalized spacial score (nSPS) is 12.0. The lowest BCUT2D eigenvalue weighted by Gasteiger charge is -2.13. The molecule has 0 bridgehead atoms. The van der Waals surface area contributed by atoms with E-state index < -0.39 is 17.9 Å². The molecule has 0 aliphatic carbocycles. The van der Waals surface area contributed by atoms with E-state index in [-0.39, 0.29) is 18.5 Å². The van der Waals surface area contributed by atoms with Crippen LogP contribution in [-0.2, 0) is 16.1 Å². The Morgan fingerprint density at radius 3 is 2.50 bits per heavy atom. The molecule has 1 aromatic heterocycles. The molecule has 0 aliphatic rings. The number of primary amides is 1. The lowest BCUT2D eigenvalue weighted by molar-refractivity contribution is -0.141. The molecular weight excluding hydrogens is 334 g/mol. The summed E-state index contributed by atoms with van der Waals surface area (Å²) in [6.07, 6.45) is 8.36. The molecule has 7 nitrogen and oxygen atoms in total. The number of hydrogen-bond donors (Lipinski definition) is 2. The smallest absolute Gasteiger partial charge is 0.329 e. The molecule has 0 aliphatic heterocycles. The summed E-state index contributed by atoms with van der Waals surface area (Å²) in [5, 5.41) is 9.57. The molecule has 7 heteroatoms. The van der Waals surface area contributed by atoms with Gasteiger partial charge in [-0.2, -0.15) is 0 Å². The highest BCUT2D eigenvalue weighted by molar-refractivity contribution is 5.81. The van der Waals surface area contributed by atoms with Gasteiger partial charge < -0.3 is 10.8 Å². The first-order chi connectivity index (χ1) is 12.5.